The smallest absolute Gasteiger partial charge is 0.168 e. The molecule has 2 saturated heterocycles. The highest BCUT2D eigenvalue weighted by Crippen LogP contribution is 2.20. The molecule has 0 atom stereocenters. The number of nitrogens with one attached hydrogen (secondary N) is 1. The summed E-state index contributed by atoms with van der Waals surface area (Å²) in [5, 5.41) is 4.30. The number of thiocarbonyl (C=S) groups is 1. The van der Waals surface area contributed by atoms with Crippen LogP contribution in [0.4, 0.5) is 0 Å². The Bertz CT molecular complexity index is 300. The van der Waals surface area contributed by atoms with Crippen LogP contribution in [0.15, 0.2) is 0 Å². The molecule has 2 fully saturated rings. The molecule has 0 unspecified atom stereocenters. The van der Waals surface area contributed by atoms with Gasteiger partial charge in [0.05, 0.1) is 0 Å². The van der Waals surface area contributed by atoms with Crippen LogP contribution in [0.1, 0.15) is 45.4 Å². The highest BCUT2D eigenvalue weighted by atomic mass is 32.1. The van der Waals surface area contributed by atoms with Gasteiger partial charge >= 0.3 is 0 Å². The molecule has 0 amide bonds. The van der Waals surface area contributed by atoms with Crippen molar-refractivity contribution >= 4 is 17.3 Å². The van der Waals surface area contributed by atoms with Gasteiger partial charge in [-0.15, -0.1) is 0 Å². The standard InChI is InChI=1S/C16H31N3OS/c1-2-20-14-6-9-17-16(21)19-12-7-15(8-13-19)18-10-4-3-5-11-18/h15H,2-14H2,1H3,(H,17,21). The zero-order valence-electron chi connectivity index (χ0n) is 13.5. The number of hydrogen-bond donors (Lipinski definition) is 1. The minimum atomic E-state index is 0.794. The van der Waals surface area contributed by atoms with Gasteiger partial charge in [-0.3, -0.25) is 0 Å². The van der Waals surface area contributed by atoms with E-state index in [0.717, 1.165) is 50.4 Å². The van der Waals surface area contributed by atoms with Gasteiger partial charge in [0.15, 0.2) is 5.11 Å². The Morgan fingerprint density at radius 1 is 1.14 bits per heavy atom. The molecule has 2 rings (SSSR count). The fourth-order valence-electron chi connectivity index (χ4n) is 3.34. The van der Waals surface area contributed by atoms with E-state index in [-0.39, 0.29) is 0 Å². The summed E-state index contributed by atoms with van der Waals surface area (Å²) < 4.78 is 5.34. The molecule has 4 nitrogen and oxygen atoms in total. The van der Waals surface area contributed by atoms with Gasteiger partial charge in [-0.2, -0.15) is 0 Å². The lowest BCUT2D eigenvalue weighted by Crippen LogP contribution is -2.50. The Morgan fingerprint density at radius 2 is 1.86 bits per heavy atom. The molecule has 1 N–H and O–H groups in total. The summed E-state index contributed by atoms with van der Waals surface area (Å²) in [7, 11) is 0. The second kappa shape index (κ2) is 9.59. The van der Waals surface area contributed by atoms with Gasteiger partial charge in [0.25, 0.3) is 0 Å². The Hall–Kier alpha value is -0.390. The van der Waals surface area contributed by atoms with Crippen LogP contribution in [-0.4, -0.2) is 66.9 Å². The molecule has 0 aliphatic carbocycles. The third kappa shape index (κ3) is 5.72. The van der Waals surface area contributed by atoms with Crippen molar-refractivity contribution in [1.82, 2.24) is 15.1 Å². The number of piperidine rings is 2. The lowest BCUT2D eigenvalue weighted by atomic mass is 10.0. The van der Waals surface area contributed by atoms with Gasteiger partial charge in [-0.1, -0.05) is 6.42 Å². The SMILES string of the molecule is CCOCCCNC(=S)N1CCC(N2CCCCC2)CC1. The molecular weight excluding hydrogens is 282 g/mol. The van der Waals surface area contributed by atoms with Crippen LogP contribution in [0.25, 0.3) is 0 Å². The van der Waals surface area contributed by atoms with Crippen LogP contribution < -0.4 is 5.32 Å². The number of rotatable bonds is 6. The predicted octanol–water partition coefficient (Wildman–Crippen LogP) is 2.24. The minimum absolute atomic E-state index is 0.794. The number of likely N-dealkylation sites (tertiary alicyclic amines) is 2. The molecule has 0 aromatic carbocycles. The van der Waals surface area contributed by atoms with Crippen molar-refractivity contribution in [3.63, 3.8) is 0 Å². The normalized spacial score (nSPS) is 21.5. The second-order valence-electron chi connectivity index (χ2n) is 6.10. The summed E-state index contributed by atoms with van der Waals surface area (Å²) in [5.74, 6) is 0. The monoisotopic (exact) mass is 313 g/mol. The summed E-state index contributed by atoms with van der Waals surface area (Å²) in [6.07, 6.45) is 7.75. The van der Waals surface area contributed by atoms with Gasteiger partial charge in [0.2, 0.25) is 0 Å². The molecular formula is C16H31N3OS. The Balaban J connectivity index is 1.60. The molecule has 21 heavy (non-hydrogen) atoms. The first-order valence-corrected chi connectivity index (χ1v) is 9.06. The minimum Gasteiger partial charge on any atom is -0.382 e. The summed E-state index contributed by atoms with van der Waals surface area (Å²) in [6.45, 7) is 9.42. The van der Waals surface area contributed by atoms with Crippen LogP contribution in [0.2, 0.25) is 0 Å². The van der Waals surface area contributed by atoms with Crippen LogP contribution in [0, 0.1) is 0 Å². The summed E-state index contributed by atoms with van der Waals surface area (Å²) in [4.78, 5) is 5.05. The van der Waals surface area contributed by atoms with E-state index in [1.54, 1.807) is 0 Å². The van der Waals surface area contributed by atoms with Gasteiger partial charge in [0, 0.05) is 38.9 Å². The fourth-order valence-corrected chi connectivity index (χ4v) is 3.63. The molecule has 2 aliphatic rings. The van der Waals surface area contributed by atoms with Crippen LogP contribution in [0.3, 0.4) is 0 Å². The van der Waals surface area contributed by atoms with Gasteiger partial charge in [-0.05, 0) is 64.3 Å². The van der Waals surface area contributed by atoms with Gasteiger partial charge in [0.1, 0.15) is 0 Å². The molecule has 122 valence electrons. The van der Waals surface area contributed by atoms with E-state index in [2.05, 4.69) is 15.1 Å². The van der Waals surface area contributed by atoms with Crippen molar-refractivity contribution in [1.29, 1.82) is 0 Å². The first-order valence-electron chi connectivity index (χ1n) is 8.66. The van der Waals surface area contributed by atoms with Crippen molar-refractivity contribution in [2.75, 3.05) is 45.9 Å². The zero-order valence-corrected chi connectivity index (χ0v) is 14.3. The van der Waals surface area contributed by atoms with E-state index in [1.807, 2.05) is 6.92 Å². The van der Waals surface area contributed by atoms with Crippen molar-refractivity contribution < 1.29 is 4.74 Å². The quantitative estimate of drug-likeness (QED) is 0.600. The first kappa shape index (κ1) is 17.0. The molecule has 0 saturated carbocycles. The molecule has 0 aromatic heterocycles. The zero-order chi connectivity index (χ0) is 14.9. The molecule has 0 spiro atoms. The molecule has 0 radical (unpaired) electrons. The Labute approximate surface area is 135 Å². The number of hydrogen-bond acceptors (Lipinski definition) is 3. The maximum Gasteiger partial charge on any atom is 0.168 e. The van der Waals surface area contributed by atoms with E-state index < -0.39 is 0 Å². The molecule has 2 heterocycles. The van der Waals surface area contributed by atoms with Gasteiger partial charge in [-0.25, -0.2) is 0 Å². The molecule has 2 aliphatic heterocycles. The lowest BCUT2D eigenvalue weighted by Gasteiger charge is -2.41. The van der Waals surface area contributed by atoms with Crippen molar-refractivity contribution in [2.24, 2.45) is 0 Å². The third-order valence-corrected chi connectivity index (χ3v) is 5.01. The fraction of sp³-hybridized carbons (Fsp3) is 0.938. The summed E-state index contributed by atoms with van der Waals surface area (Å²) >= 11 is 5.51. The van der Waals surface area contributed by atoms with Crippen LogP contribution in [-0.2, 0) is 4.74 Å². The predicted molar refractivity (Wildman–Crippen MR) is 91.7 cm³/mol. The Kier molecular flexibility index (Phi) is 7.75. The van der Waals surface area contributed by atoms with E-state index in [0.29, 0.717) is 0 Å². The highest BCUT2D eigenvalue weighted by molar-refractivity contribution is 7.80. The average molecular weight is 314 g/mol. The first-order chi connectivity index (χ1) is 10.3. The van der Waals surface area contributed by atoms with Crippen molar-refractivity contribution in [3.05, 3.63) is 0 Å². The third-order valence-electron chi connectivity index (χ3n) is 4.60. The average Bonchev–Trinajstić information content (AvgIpc) is 2.55. The summed E-state index contributed by atoms with van der Waals surface area (Å²) in [6, 6.07) is 0.794. The van der Waals surface area contributed by atoms with E-state index in [4.69, 9.17) is 17.0 Å². The Morgan fingerprint density at radius 3 is 2.52 bits per heavy atom. The number of ether oxygens (including phenoxy) is 1. The topological polar surface area (TPSA) is 27.7 Å². The van der Waals surface area contributed by atoms with Gasteiger partial charge < -0.3 is 19.9 Å². The van der Waals surface area contributed by atoms with E-state index >= 15 is 0 Å². The largest absolute Gasteiger partial charge is 0.382 e. The van der Waals surface area contributed by atoms with Crippen LogP contribution >= 0.6 is 12.2 Å². The summed E-state index contributed by atoms with van der Waals surface area (Å²) in [5.41, 5.74) is 0. The van der Waals surface area contributed by atoms with E-state index in [1.165, 1.54) is 45.2 Å². The highest BCUT2D eigenvalue weighted by Gasteiger charge is 2.26. The second-order valence-corrected chi connectivity index (χ2v) is 6.48. The van der Waals surface area contributed by atoms with E-state index in [9.17, 15) is 0 Å². The lowest BCUT2D eigenvalue weighted by molar-refractivity contribution is 0.114. The number of nitrogens with zero attached hydrogens (tertiary/aromatic N) is 2. The molecule has 0 bridgehead atoms. The molecule has 5 heteroatoms. The van der Waals surface area contributed by atoms with Crippen molar-refractivity contribution in [2.45, 2.75) is 51.5 Å². The van der Waals surface area contributed by atoms with Crippen molar-refractivity contribution in [3.8, 4) is 0 Å². The molecule has 0 aromatic rings. The maximum atomic E-state index is 5.51. The van der Waals surface area contributed by atoms with Crippen LogP contribution in [0.5, 0.6) is 0 Å². The maximum absolute atomic E-state index is 5.51.